The van der Waals surface area contributed by atoms with E-state index in [4.69, 9.17) is 38.7 Å². The number of thiophene rings is 1. The van der Waals surface area contributed by atoms with Crippen molar-refractivity contribution in [1.82, 2.24) is 19.6 Å². The number of halogens is 2. The Hall–Kier alpha value is -3.15. The largest absolute Gasteiger partial charge is 0.492 e. The van der Waals surface area contributed by atoms with Crippen molar-refractivity contribution in [3.05, 3.63) is 86.0 Å². The summed E-state index contributed by atoms with van der Waals surface area (Å²) < 4.78 is 5.96. The highest BCUT2D eigenvalue weighted by atomic mass is 35.5. The van der Waals surface area contributed by atoms with Crippen molar-refractivity contribution in [2.24, 2.45) is 10.7 Å². The number of hydrogen-bond acceptors (Lipinski definition) is 7. The lowest BCUT2D eigenvalue weighted by molar-refractivity contribution is -0.131. The zero-order valence-corrected chi connectivity index (χ0v) is 26.6. The fraction of sp³-hybridized carbons (Fsp3) is 0.387. The average Bonchev–Trinajstić information content (AvgIpc) is 3.63. The first-order chi connectivity index (χ1) is 20.8. The SMILES string of the molecule is CCOc1ccsc1C1=N[C@@H](c2ccc(Cl)cc2)[C@@H](c2ccc(Cl)cc2)N1C(=O)N1CCN(CC(=O)N(C)CCN)CC1. The molecular formula is C31H36Cl2N6O3S. The number of aliphatic imine (C=N–C) groups is 1. The number of piperazine rings is 1. The molecule has 1 saturated heterocycles. The van der Waals surface area contributed by atoms with Gasteiger partial charge in [0.25, 0.3) is 0 Å². The number of nitrogens with zero attached hydrogens (tertiary/aromatic N) is 5. The van der Waals surface area contributed by atoms with Gasteiger partial charge in [0.15, 0.2) is 5.84 Å². The van der Waals surface area contributed by atoms with Crippen LogP contribution in [0.2, 0.25) is 10.0 Å². The maximum absolute atomic E-state index is 14.6. The molecule has 0 bridgehead atoms. The van der Waals surface area contributed by atoms with Crippen molar-refractivity contribution in [3.8, 4) is 5.75 Å². The molecule has 5 rings (SSSR count). The molecule has 1 aromatic heterocycles. The molecule has 0 radical (unpaired) electrons. The molecule has 2 N–H and O–H groups in total. The number of likely N-dealkylation sites (N-methyl/N-ethyl adjacent to an activating group) is 1. The number of rotatable bonds is 9. The highest BCUT2D eigenvalue weighted by Crippen LogP contribution is 2.46. The zero-order valence-electron chi connectivity index (χ0n) is 24.3. The quantitative estimate of drug-likeness (QED) is 0.348. The summed E-state index contributed by atoms with van der Waals surface area (Å²) in [6.45, 7) is 5.81. The number of nitrogens with two attached hydrogens (primary N) is 1. The lowest BCUT2D eigenvalue weighted by Crippen LogP contribution is -2.55. The average molecular weight is 644 g/mol. The van der Waals surface area contributed by atoms with E-state index in [0.717, 1.165) is 16.0 Å². The molecule has 2 aliphatic rings. The molecule has 228 valence electrons. The van der Waals surface area contributed by atoms with Gasteiger partial charge in [-0.05, 0) is 53.8 Å². The Labute approximate surface area is 266 Å². The van der Waals surface area contributed by atoms with E-state index in [2.05, 4.69) is 4.90 Å². The van der Waals surface area contributed by atoms with Gasteiger partial charge in [-0.3, -0.25) is 19.6 Å². The van der Waals surface area contributed by atoms with Crippen LogP contribution in [-0.2, 0) is 4.79 Å². The predicted molar refractivity (Wildman–Crippen MR) is 172 cm³/mol. The molecule has 0 unspecified atom stereocenters. The van der Waals surface area contributed by atoms with Crippen LogP contribution >= 0.6 is 34.5 Å². The number of amidine groups is 1. The van der Waals surface area contributed by atoms with E-state index >= 15 is 0 Å². The predicted octanol–water partition coefficient (Wildman–Crippen LogP) is 5.15. The second-order valence-electron chi connectivity index (χ2n) is 10.5. The van der Waals surface area contributed by atoms with Crippen molar-refractivity contribution >= 4 is 52.3 Å². The van der Waals surface area contributed by atoms with Gasteiger partial charge in [-0.1, -0.05) is 47.5 Å². The van der Waals surface area contributed by atoms with Crippen LogP contribution in [0.5, 0.6) is 5.75 Å². The number of benzene rings is 2. The summed E-state index contributed by atoms with van der Waals surface area (Å²) in [5, 5.41) is 3.20. The van der Waals surface area contributed by atoms with Crippen LogP contribution in [-0.4, -0.2) is 96.8 Å². The standard InChI is InChI=1S/C31H36Cl2N6O3S/c1-3-42-25-12-19-43-29(25)30-35-27(21-4-8-23(32)9-5-21)28(22-6-10-24(33)11-7-22)39(30)31(41)38-17-15-37(16-18-38)20-26(40)36(2)14-13-34/h4-12,19,27-28H,3,13-18,20,34H2,1-2H3/t27-,28+/m0/s1. The molecule has 3 amide bonds. The highest BCUT2D eigenvalue weighted by Gasteiger charge is 2.45. The lowest BCUT2D eigenvalue weighted by atomic mass is 9.94. The van der Waals surface area contributed by atoms with Crippen LogP contribution < -0.4 is 10.5 Å². The summed E-state index contributed by atoms with van der Waals surface area (Å²) in [4.78, 5) is 40.6. The molecule has 3 aromatic rings. The van der Waals surface area contributed by atoms with Crippen molar-refractivity contribution in [1.29, 1.82) is 0 Å². The van der Waals surface area contributed by atoms with Crippen LogP contribution in [0.25, 0.3) is 0 Å². The van der Waals surface area contributed by atoms with Gasteiger partial charge in [0, 0.05) is 56.4 Å². The summed E-state index contributed by atoms with van der Waals surface area (Å²) in [6, 6.07) is 16.2. The fourth-order valence-corrected chi connectivity index (χ4v) is 6.51. The first-order valence-corrected chi connectivity index (χ1v) is 16.0. The molecule has 2 aromatic carbocycles. The molecule has 2 atom stereocenters. The number of hydrogen-bond donors (Lipinski definition) is 1. The number of carbonyl (C=O) groups excluding carboxylic acids is 2. The van der Waals surface area contributed by atoms with E-state index in [1.807, 2.05) is 76.7 Å². The first kappa shape index (κ1) is 31.3. The van der Waals surface area contributed by atoms with E-state index in [1.54, 1.807) is 11.9 Å². The van der Waals surface area contributed by atoms with Crippen LogP contribution in [0, 0.1) is 0 Å². The maximum Gasteiger partial charge on any atom is 0.326 e. The van der Waals surface area contributed by atoms with Crippen LogP contribution in [0.1, 0.15) is 35.0 Å². The summed E-state index contributed by atoms with van der Waals surface area (Å²) in [6.07, 6.45) is 0. The van der Waals surface area contributed by atoms with E-state index in [0.29, 0.717) is 74.1 Å². The van der Waals surface area contributed by atoms with Gasteiger partial charge in [0.2, 0.25) is 5.91 Å². The summed E-state index contributed by atoms with van der Waals surface area (Å²) in [5.74, 6) is 1.29. The molecule has 1 fully saturated rings. The second kappa shape index (κ2) is 14.1. The normalized spacial score (nSPS) is 19.0. The Morgan fingerprint density at radius 2 is 1.63 bits per heavy atom. The third-order valence-electron chi connectivity index (χ3n) is 7.72. The molecule has 0 saturated carbocycles. The smallest absolute Gasteiger partial charge is 0.326 e. The number of amides is 3. The monoisotopic (exact) mass is 642 g/mol. The van der Waals surface area contributed by atoms with Crippen LogP contribution in [0.3, 0.4) is 0 Å². The minimum atomic E-state index is -0.429. The number of urea groups is 1. The minimum Gasteiger partial charge on any atom is -0.492 e. The lowest BCUT2D eigenvalue weighted by Gasteiger charge is -2.39. The van der Waals surface area contributed by atoms with Crippen LogP contribution in [0.4, 0.5) is 4.79 Å². The summed E-state index contributed by atoms with van der Waals surface area (Å²) in [7, 11) is 1.76. The van der Waals surface area contributed by atoms with Gasteiger partial charge in [0.05, 0.1) is 19.2 Å². The topological polar surface area (TPSA) is 94.7 Å². The molecular weight excluding hydrogens is 607 g/mol. The van der Waals surface area contributed by atoms with E-state index < -0.39 is 6.04 Å². The van der Waals surface area contributed by atoms with Crippen molar-refractivity contribution in [2.45, 2.75) is 19.0 Å². The molecule has 3 heterocycles. The minimum absolute atomic E-state index is 0.0222. The summed E-state index contributed by atoms with van der Waals surface area (Å²) in [5.41, 5.74) is 7.47. The third-order valence-corrected chi connectivity index (χ3v) is 9.12. The van der Waals surface area contributed by atoms with E-state index in [9.17, 15) is 9.59 Å². The molecule has 0 spiro atoms. The van der Waals surface area contributed by atoms with Gasteiger partial charge < -0.3 is 20.3 Å². The Bertz CT molecular complexity index is 1440. The van der Waals surface area contributed by atoms with Crippen molar-refractivity contribution in [2.75, 3.05) is 59.5 Å². The van der Waals surface area contributed by atoms with Gasteiger partial charge in [-0.25, -0.2) is 4.79 Å². The van der Waals surface area contributed by atoms with Crippen molar-refractivity contribution in [3.63, 3.8) is 0 Å². The fourth-order valence-electron chi connectivity index (χ4n) is 5.43. The van der Waals surface area contributed by atoms with Crippen LogP contribution in [0.15, 0.2) is 65.0 Å². The molecule has 9 nitrogen and oxygen atoms in total. The number of carbonyl (C=O) groups is 2. The van der Waals surface area contributed by atoms with Gasteiger partial charge in [0.1, 0.15) is 16.7 Å². The third kappa shape index (κ3) is 6.99. The van der Waals surface area contributed by atoms with Gasteiger partial charge in [-0.15, -0.1) is 11.3 Å². The first-order valence-electron chi connectivity index (χ1n) is 14.3. The zero-order chi connectivity index (χ0) is 30.5. The Morgan fingerprint density at radius 1 is 1.00 bits per heavy atom. The van der Waals surface area contributed by atoms with Gasteiger partial charge >= 0.3 is 6.03 Å². The number of ether oxygens (including phenoxy) is 1. The molecule has 2 aliphatic heterocycles. The summed E-state index contributed by atoms with van der Waals surface area (Å²) >= 11 is 14.0. The second-order valence-corrected chi connectivity index (χ2v) is 12.3. The highest BCUT2D eigenvalue weighted by molar-refractivity contribution is 7.12. The van der Waals surface area contributed by atoms with Crippen molar-refractivity contribution < 1.29 is 14.3 Å². The molecule has 12 heteroatoms. The Balaban J connectivity index is 1.48. The maximum atomic E-state index is 14.6. The van der Waals surface area contributed by atoms with E-state index in [1.165, 1.54) is 11.3 Å². The molecule has 43 heavy (non-hydrogen) atoms. The Kier molecular flexibility index (Phi) is 10.2. The van der Waals surface area contributed by atoms with Gasteiger partial charge in [-0.2, -0.15) is 0 Å². The Morgan fingerprint density at radius 3 is 2.23 bits per heavy atom. The molecule has 0 aliphatic carbocycles. The van der Waals surface area contributed by atoms with E-state index in [-0.39, 0.29) is 18.0 Å².